The van der Waals surface area contributed by atoms with Crippen molar-refractivity contribution in [2.75, 3.05) is 0 Å². The maximum Gasteiger partial charge on any atom is 0.346 e. The Balaban J connectivity index is 0.000000180. The van der Waals surface area contributed by atoms with Crippen molar-refractivity contribution in [1.29, 1.82) is 0 Å². The van der Waals surface area contributed by atoms with Crippen molar-refractivity contribution in [1.82, 2.24) is 15.3 Å². The standard InChI is InChI=1S/2C4H4N2O3/c2*7-2-1-3(8)6-4(9)5-2/h1H2,(H2,5,6,7,8,9);1H,(H3,5,6,7,8,9)/p-2. The van der Waals surface area contributed by atoms with Gasteiger partial charge in [0.2, 0.25) is 5.91 Å². The quantitative estimate of drug-likeness (QED) is 0.433. The molecule has 0 saturated heterocycles. The average molecular weight is 254 g/mol. The molecule has 0 aliphatic carbocycles. The summed E-state index contributed by atoms with van der Waals surface area (Å²) in [4.78, 5) is 47.5. The van der Waals surface area contributed by atoms with Crippen LogP contribution in [0.25, 0.3) is 0 Å². The first-order valence-corrected chi connectivity index (χ1v) is 4.46. The van der Waals surface area contributed by atoms with Gasteiger partial charge in [-0.3, -0.25) is 19.9 Å². The minimum Gasteiger partial charge on any atom is -0.861 e. The van der Waals surface area contributed by atoms with Gasteiger partial charge in [-0.15, -0.1) is 0 Å². The molecule has 0 bridgehead atoms. The monoisotopic (exact) mass is 254 g/mol. The summed E-state index contributed by atoms with van der Waals surface area (Å²) in [5.74, 6) is -1.94. The van der Waals surface area contributed by atoms with Gasteiger partial charge in [0.15, 0.2) is 0 Å². The predicted molar refractivity (Wildman–Crippen MR) is 52.7 cm³/mol. The molecule has 0 spiro atoms. The van der Waals surface area contributed by atoms with Crippen LogP contribution in [0.1, 0.15) is 6.42 Å². The Morgan fingerprint density at radius 2 is 1.78 bits per heavy atom. The highest BCUT2D eigenvalue weighted by molar-refractivity contribution is 6.10. The molecule has 0 saturated carbocycles. The van der Waals surface area contributed by atoms with Crippen LogP contribution in [-0.4, -0.2) is 27.8 Å². The van der Waals surface area contributed by atoms with Crippen molar-refractivity contribution in [2.45, 2.75) is 6.42 Å². The lowest BCUT2D eigenvalue weighted by Gasteiger charge is -2.13. The second-order valence-electron chi connectivity index (χ2n) is 2.99. The summed E-state index contributed by atoms with van der Waals surface area (Å²) in [5, 5.41) is 22.3. The molecule has 2 heterocycles. The zero-order valence-corrected chi connectivity index (χ0v) is 8.68. The second-order valence-corrected chi connectivity index (χ2v) is 2.99. The number of nitrogens with one attached hydrogen (secondary N) is 3. The molecule has 0 unspecified atom stereocenters. The van der Waals surface area contributed by atoms with Gasteiger partial charge in [0.1, 0.15) is 0 Å². The topological polar surface area (TPSA) is 170 Å². The number of carbonyl (C=O) groups is 2. The lowest BCUT2D eigenvalue weighted by molar-refractivity contribution is -0.275. The van der Waals surface area contributed by atoms with E-state index in [2.05, 4.69) is 4.99 Å². The van der Waals surface area contributed by atoms with Gasteiger partial charge in [-0.1, -0.05) is 0 Å². The van der Waals surface area contributed by atoms with E-state index in [0.717, 1.165) is 6.07 Å². The molecule has 10 nitrogen and oxygen atoms in total. The summed E-state index contributed by atoms with van der Waals surface area (Å²) in [7, 11) is 0. The Hall–Kier alpha value is -2.91. The number of urea groups is 1. The van der Waals surface area contributed by atoms with Crippen molar-refractivity contribution in [3.8, 4) is 5.88 Å². The third-order valence-electron chi connectivity index (χ3n) is 1.52. The number of aliphatic imine (C=N–C) groups is 1. The Morgan fingerprint density at radius 1 is 1.11 bits per heavy atom. The van der Waals surface area contributed by atoms with Crippen LogP contribution in [-0.2, 0) is 4.79 Å². The molecule has 0 fully saturated rings. The molecule has 1 aromatic rings. The molecule has 96 valence electrons. The Bertz CT molecular complexity index is 584. The molecule has 1 aromatic heterocycles. The first-order valence-electron chi connectivity index (χ1n) is 4.46. The number of nitrogens with zero attached hydrogens (tertiary/aromatic N) is 1. The highest BCUT2D eigenvalue weighted by Gasteiger charge is 2.10. The maximum absolute atomic E-state index is 10.3. The van der Waals surface area contributed by atoms with Crippen LogP contribution in [0.4, 0.5) is 4.79 Å². The minimum absolute atomic E-state index is 0.314. The van der Waals surface area contributed by atoms with Crippen LogP contribution in [0, 0.1) is 0 Å². The van der Waals surface area contributed by atoms with Gasteiger partial charge < -0.3 is 15.2 Å². The van der Waals surface area contributed by atoms with E-state index in [1.165, 1.54) is 0 Å². The van der Waals surface area contributed by atoms with Gasteiger partial charge in [-0.05, 0) is 11.8 Å². The lowest BCUT2D eigenvalue weighted by Crippen LogP contribution is -2.39. The number of H-pyrrole nitrogens is 2. The zero-order valence-electron chi connectivity index (χ0n) is 8.68. The molecule has 1 aliphatic heterocycles. The summed E-state index contributed by atoms with van der Waals surface area (Å²) < 4.78 is 0. The third kappa shape index (κ3) is 4.30. The molecular formula is C8H6N4O6-2. The largest absolute Gasteiger partial charge is 0.861 e. The summed E-state index contributed by atoms with van der Waals surface area (Å²) in [6.45, 7) is 0. The molecule has 3 amide bonds. The predicted octanol–water partition coefficient (Wildman–Crippen LogP) is -3.48. The molecular weight excluding hydrogens is 248 g/mol. The normalized spacial score (nSPS) is 14.1. The van der Waals surface area contributed by atoms with E-state index in [-0.39, 0.29) is 6.42 Å². The maximum atomic E-state index is 10.3. The molecule has 3 N–H and O–H groups in total. The highest BCUT2D eigenvalue weighted by atomic mass is 16.3. The molecule has 10 heteroatoms. The van der Waals surface area contributed by atoms with E-state index in [4.69, 9.17) is 0 Å². The van der Waals surface area contributed by atoms with Crippen LogP contribution >= 0.6 is 0 Å². The number of hydrogen-bond acceptors (Lipinski definition) is 6. The molecule has 0 radical (unpaired) electrons. The Labute approximate surface area is 98.0 Å². The van der Waals surface area contributed by atoms with Crippen LogP contribution in [0.3, 0.4) is 0 Å². The smallest absolute Gasteiger partial charge is 0.346 e. The van der Waals surface area contributed by atoms with E-state index in [9.17, 15) is 29.4 Å². The fourth-order valence-corrected chi connectivity index (χ4v) is 0.928. The van der Waals surface area contributed by atoms with Crippen LogP contribution in [0.5, 0.6) is 5.88 Å². The van der Waals surface area contributed by atoms with Gasteiger partial charge in [-0.2, -0.15) is 0 Å². The summed E-state index contributed by atoms with van der Waals surface area (Å²) in [6, 6.07) is -0.0993. The van der Waals surface area contributed by atoms with Gasteiger partial charge >= 0.3 is 11.7 Å². The zero-order chi connectivity index (χ0) is 13.7. The van der Waals surface area contributed by atoms with Gasteiger partial charge in [0, 0.05) is 6.07 Å². The number of hydrogen-bond donors (Lipinski definition) is 3. The average Bonchev–Trinajstić information content (AvgIpc) is 2.12. The van der Waals surface area contributed by atoms with Gasteiger partial charge in [0.05, 0.1) is 6.42 Å². The molecule has 0 aromatic carbocycles. The lowest BCUT2D eigenvalue weighted by atomic mass is 10.4. The SMILES string of the molecule is O=C1CC([O-])=NC(=O)N1.O=c1cc([O-])[nH]c(=O)[nH]1. The summed E-state index contributed by atoms with van der Waals surface area (Å²) in [5.41, 5.74) is -1.45. The Kier molecular flexibility index (Phi) is 3.97. The van der Waals surface area contributed by atoms with Gasteiger partial charge in [0.25, 0.3) is 5.56 Å². The first kappa shape index (κ1) is 13.2. The number of carbonyl (C=O) groups excluding carboxylic acids is 2. The van der Waals surface area contributed by atoms with Crippen molar-refractivity contribution >= 4 is 17.8 Å². The van der Waals surface area contributed by atoms with Crippen molar-refractivity contribution in [3.05, 3.63) is 26.9 Å². The van der Waals surface area contributed by atoms with Crippen molar-refractivity contribution in [2.24, 2.45) is 4.99 Å². The van der Waals surface area contributed by atoms with Crippen molar-refractivity contribution in [3.63, 3.8) is 0 Å². The first-order chi connectivity index (χ1) is 8.36. The van der Waals surface area contributed by atoms with Gasteiger partial charge in [-0.25, -0.2) is 14.6 Å². The van der Waals surface area contributed by atoms with Crippen LogP contribution in [0.2, 0.25) is 0 Å². The summed E-state index contributed by atoms with van der Waals surface area (Å²) >= 11 is 0. The van der Waals surface area contributed by atoms with E-state index < -0.39 is 35.0 Å². The second kappa shape index (κ2) is 5.43. The number of aromatic nitrogens is 2. The summed E-state index contributed by atoms with van der Waals surface area (Å²) in [6.07, 6.45) is -0.314. The molecule has 0 atom stereocenters. The highest BCUT2D eigenvalue weighted by Crippen LogP contribution is 1.89. The molecule has 2 rings (SSSR count). The van der Waals surface area contributed by atoms with E-state index >= 15 is 0 Å². The number of rotatable bonds is 0. The van der Waals surface area contributed by atoms with E-state index in [1.54, 1.807) is 0 Å². The minimum atomic E-state index is -0.865. The van der Waals surface area contributed by atoms with Crippen molar-refractivity contribution < 1.29 is 19.8 Å². The van der Waals surface area contributed by atoms with Crippen LogP contribution < -0.4 is 26.8 Å². The fourth-order valence-electron chi connectivity index (χ4n) is 0.928. The third-order valence-corrected chi connectivity index (χ3v) is 1.52. The van der Waals surface area contributed by atoms with E-state index in [0.29, 0.717) is 0 Å². The number of imide groups is 1. The number of amides is 3. The Morgan fingerprint density at radius 3 is 2.22 bits per heavy atom. The van der Waals surface area contributed by atoms with Crippen LogP contribution in [0.15, 0.2) is 20.6 Å². The molecule has 18 heavy (non-hydrogen) atoms. The molecule has 1 aliphatic rings. The number of aromatic amines is 2. The van der Waals surface area contributed by atoms with E-state index in [1.807, 2.05) is 15.3 Å². The fraction of sp³-hybridized carbons (Fsp3) is 0.125.